The number of nitrogens with zero attached hydrogens (tertiary/aromatic N) is 3. The molecule has 1 atom stereocenters. The lowest BCUT2D eigenvalue weighted by Gasteiger charge is -2.39. The molecule has 0 N–H and O–H groups in total. The predicted octanol–water partition coefficient (Wildman–Crippen LogP) is 12.7. The molecule has 55 heavy (non-hydrogen) atoms. The molecule has 0 amide bonds. The lowest BCUT2D eigenvalue weighted by atomic mass is 9.65. The van der Waals surface area contributed by atoms with Crippen molar-refractivity contribution in [2.24, 2.45) is 0 Å². The highest BCUT2D eigenvalue weighted by Gasteiger charge is 2.51. The van der Waals surface area contributed by atoms with E-state index in [4.69, 9.17) is 9.97 Å². The highest BCUT2D eigenvalue weighted by atomic mass is 15.0. The topological polar surface area (TPSA) is 30.7 Å². The van der Waals surface area contributed by atoms with Crippen molar-refractivity contribution in [1.82, 2.24) is 14.5 Å². The number of hydrogen-bond donors (Lipinski definition) is 0. The molecule has 0 fully saturated rings. The van der Waals surface area contributed by atoms with Crippen LogP contribution in [0.2, 0.25) is 0 Å². The van der Waals surface area contributed by atoms with Crippen LogP contribution in [-0.2, 0) is 5.41 Å². The Balaban J connectivity index is 1.23. The molecule has 3 heterocycles. The van der Waals surface area contributed by atoms with Crippen molar-refractivity contribution < 1.29 is 0 Å². The third-order valence-electron chi connectivity index (χ3n) is 12.1. The number of benzene rings is 8. The van der Waals surface area contributed by atoms with Gasteiger partial charge in [-0.05, 0) is 86.5 Å². The Morgan fingerprint density at radius 2 is 1.15 bits per heavy atom. The van der Waals surface area contributed by atoms with E-state index in [1.165, 1.54) is 82.8 Å². The molecule has 0 saturated carbocycles. The van der Waals surface area contributed by atoms with Crippen molar-refractivity contribution in [2.45, 2.75) is 12.3 Å². The summed E-state index contributed by atoms with van der Waals surface area (Å²) in [5.74, 6) is 0.739. The SMILES string of the molecule is Cc1cc(-c2cccc3c2-c2cc(-c4cccc5ccccc45)ccc2C32c3ccccc3-n3c4ccccc4c4cccc2c43)nc(-c2ccccc2)n1. The molecule has 12 rings (SSSR count). The molecule has 1 aliphatic carbocycles. The summed E-state index contributed by atoms with van der Waals surface area (Å²) < 4.78 is 2.51. The quantitative estimate of drug-likeness (QED) is 0.184. The van der Waals surface area contributed by atoms with E-state index in [2.05, 4.69) is 187 Å². The zero-order valence-electron chi connectivity index (χ0n) is 30.2. The van der Waals surface area contributed by atoms with Gasteiger partial charge in [-0.2, -0.15) is 0 Å². The normalized spacial score (nSPS) is 15.1. The van der Waals surface area contributed by atoms with Crippen LogP contribution in [0, 0.1) is 6.92 Å². The first-order valence-electron chi connectivity index (χ1n) is 19.0. The van der Waals surface area contributed by atoms with Crippen molar-refractivity contribution in [1.29, 1.82) is 0 Å². The lowest BCUT2D eigenvalue weighted by Crippen LogP contribution is -2.33. The van der Waals surface area contributed by atoms with E-state index in [9.17, 15) is 0 Å². The third-order valence-corrected chi connectivity index (χ3v) is 12.1. The Kier molecular flexibility index (Phi) is 6.19. The van der Waals surface area contributed by atoms with Crippen LogP contribution in [0.3, 0.4) is 0 Å². The summed E-state index contributed by atoms with van der Waals surface area (Å²) in [6.45, 7) is 2.08. The highest BCUT2D eigenvalue weighted by molar-refractivity contribution is 6.13. The first-order chi connectivity index (χ1) is 27.2. The van der Waals surface area contributed by atoms with Gasteiger partial charge in [0.1, 0.15) is 0 Å². The smallest absolute Gasteiger partial charge is 0.160 e. The van der Waals surface area contributed by atoms with Gasteiger partial charge in [-0.15, -0.1) is 0 Å². The molecular weight excluding hydrogens is 667 g/mol. The predicted molar refractivity (Wildman–Crippen MR) is 226 cm³/mol. The molecule has 1 unspecified atom stereocenters. The van der Waals surface area contributed by atoms with Gasteiger partial charge in [-0.1, -0.05) is 158 Å². The van der Waals surface area contributed by atoms with Crippen LogP contribution in [0.25, 0.3) is 83.2 Å². The van der Waals surface area contributed by atoms with E-state index < -0.39 is 5.41 Å². The van der Waals surface area contributed by atoms with Crippen molar-refractivity contribution in [3.8, 4) is 50.6 Å². The molecule has 1 aliphatic heterocycles. The van der Waals surface area contributed by atoms with Crippen LogP contribution in [0.5, 0.6) is 0 Å². The second-order valence-electron chi connectivity index (χ2n) is 14.9. The largest absolute Gasteiger partial charge is 0.309 e. The minimum absolute atomic E-state index is 0.567. The fraction of sp³-hybridized carbons (Fsp3) is 0.0385. The standard InChI is InChI=1S/C52H33N3/c1-32-30-46(54-51(53-32)34-15-3-2-4-16-34)40-22-13-24-44-49(40)41-31-35(37-20-11-17-33-14-5-6-18-36(33)37)28-29-42(41)52(44)43-23-8-10-27-48(43)55-47-26-9-7-19-38(47)39-21-12-25-45(52)50(39)55/h2-31H,1H3. The zero-order chi connectivity index (χ0) is 36.3. The van der Waals surface area contributed by atoms with Crippen LogP contribution in [-0.4, -0.2) is 14.5 Å². The fourth-order valence-corrected chi connectivity index (χ4v) is 9.94. The maximum absolute atomic E-state index is 5.31. The minimum atomic E-state index is -0.567. The Labute approximate surface area is 318 Å². The van der Waals surface area contributed by atoms with Crippen LogP contribution >= 0.6 is 0 Å². The Morgan fingerprint density at radius 1 is 0.455 bits per heavy atom. The van der Waals surface area contributed by atoms with Crippen molar-refractivity contribution in [2.75, 3.05) is 0 Å². The second-order valence-corrected chi connectivity index (χ2v) is 14.9. The summed E-state index contributed by atoms with van der Waals surface area (Å²) in [6, 6.07) is 66.8. The van der Waals surface area contributed by atoms with Crippen LogP contribution in [0.1, 0.15) is 27.9 Å². The number of fused-ring (bicyclic) bond motifs is 13. The van der Waals surface area contributed by atoms with Crippen molar-refractivity contribution in [3.05, 3.63) is 210 Å². The summed E-state index contributed by atoms with van der Waals surface area (Å²) >= 11 is 0. The number of aryl methyl sites for hydroxylation is 1. The van der Waals surface area contributed by atoms with Gasteiger partial charge in [0.15, 0.2) is 5.82 Å². The highest BCUT2D eigenvalue weighted by Crippen LogP contribution is 2.62. The van der Waals surface area contributed by atoms with Gasteiger partial charge in [0.05, 0.1) is 27.8 Å². The van der Waals surface area contributed by atoms with Gasteiger partial charge in [0.25, 0.3) is 0 Å². The summed E-state index contributed by atoms with van der Waals surface area (Å²) in [6.07, 6.45) is 0. The molecule has 10 aromatic rings. The van der Waals surface area contributed by atoms with E-state index in [1.54, 1.807) is 0 Å². The Morgan fingerprint density at radius 3 is 2.07 bits per heavy atom. The fourth-order valence-electron chi connectivity index (χ4n) is 9.94. The molecule has 3 heteroatoms. The van der Waals surface area contributed by atoms with Gasteiger partial charge in [-0.3, -0.25) is 0 Å². The third kappa shape index (κ3) is 4.04. The van der Waals surface area contributed by atoms with E-state index in [1.807, 2.05) is 6.07 Å². The van der Waals surface area contributed by atoms with Crippen molar-refractivity contribution >= 4 is 32.6 Å². The van der Waals surface area contributed by atoms with Crippen LogP contribution < -0.4 is 0 Å². The van der Waals surface area contributed by atoms with Gasteiger partial charge >= 0.3 is 0 Å². The summed E-state index contributed by atoms with van der Waals surface area (Å²) in [4.78, 5) is 10.2. The van der Waals surface area contributed by atoms with E-state index >= 15 is 0 Å². The molecule has 3 nitrogen and oxygen atoms in total. The number of para-hydroxylation sites is 3. The summed E-state index contributed by atoms with van der Waals surface area (Å²) in [5, 5.41) is 5.04. The summed E-state index contributed by atoms with van der Waals surface area (Å²) in [5.41, 5.74) is 17.2. The summed E-state index contributed by atoms with van der Waals surface area (Å²) in [7, 11) is 0. The molecular formula is C52H33N3. The average Bonchev–Trinajstić information content (AvgIpc) is 3.74. The van der Waals surface area contributed by atoms with Gasteiger partial charge in [-0.25, -0.2) is 9.97 Å². The van der Waals surface area contributed by atoms with Crippen molar-refractivity contribution in [3.63, 3.8) is 0 Å². The molecule has 0 radical (unpaired) electrons. The molecule has 2 aromatic heterocycles. The van der Waals surface area contributed by atoms with E-state index in [0.717, 1.165) is 28.3 Å². The maximum Gasteiger partial charge on any atom is 0.160 e. The van der Waals surface area contributed by atoms with Crippen LogP contribution in [0.4, 0.5) is 0 Å². The Bertz CT molecular complexity index is 3220. The minimum Gasteiger partial charge on any atom is -0.309 e. The molecule has 256 valence electrons. The maximum atomic E-state index is 5.31. The lowest BCUT2D eigenvalue weighted by molar-refractivity contribution is 0.748. The molecule has 1 spiro atoms. The van der Waals surface area contributed by atoms with E-state index in [0.29, 0.717) is 0 Å². The number of rotatable bonds is 3. The first-order valence-corrected chi connectivity index (χ1v) is 19.0. The van der Waals surface area contributed by atoms with Gasteiger partial charge in [0.2, 0.25) is 0 Å². The first kappa shape index (κ1) is 30.4. The molecule has 2 aliphatic rings. The van der Waals surface area contributed by atoms with Gasteiger partial charge in [0, 0.05) is 27.6 Å². The molecule has 0 saturated heterocycles. The number of hydrogen-bond acceptors (Lipinski definition) is 2. The average molecular weight is 700 g/mol. The van der Waals surface area contributed by atoms with E-state index in [-0.39, 0.29) is 0 Å². The van der Waals surface area contributed by atoms with Gasteiger partial charge < -0.3 is 4.57 Å². The monoisotopic (exact) mass is 699 g/mol. The zero-order valence-corrected chi connectivity index (χ0v) is 30.2. The number of aromatic nitrogens is 3. The van der Waals surface area contributed by atoms with Crippen LogP contribution in [0.15, 0.2) is 182 Å². The molecule has 8 aromatic carbocycles. The second kappa shape index (κ2) is 11.2. The Hall–Kier alpha value is -7.10. The molecule has 0 bridgehead atoms.